The lowest BCUT2D eigenvalue weighted by Gasteiger charge is -2.25. The van der Waals surface area contributed by atoms with Crippen LogP contribution in [-0.4, -0.2) is 35.3 Å². The number of fused-ring (bicyclic) bond motifs is 1. The van der Waals surface area contributed by atoms with E-state index in [4.69, 9.17) is 19.0 Å². The number of hydrogen-bond donors (Lipinski definition) is 1. The normalized spacial score (nSPS) is 15.0. The number of aromatic nitrogens is 1. The molecular formula is C29H23BrN2O7S. The molecule has 1 N–H and O–H groups in total. The van der Waals surface area contributed by atoms with E-state index in [9.17, 15) is 14.4 Å². The minimum Gasteiger partial charge on any atom is -0.496 e. The topological polar surface area (TPSA) is 120 Å². The summed E-state index contributed by atoms with van der Waals surface area (Å²) in [7, 11) is 1.56. The molecule has 0 aliphatic carbocycles. The van der Waals surface area contributed by atoms with Gasteiger partial charge < -0.3 is 19.0 Å². The summed E-state index contributed by atoms with van der Waals surface area (Å²) in [6, 6.07) is 14.4. The maximum Gasteiger partial charge on any atom is 0.338 e. The number of nitrogens with zero attached hydrogens (tertiary/aromatic N) is 2. The van der Waals surface area contributed by atoms with Gasteiger partial charge in [0, 0.05) is 11.6 Å². The van der Waals surface area contributed by atoms with Crippen molar-refractivity contribution in [2.24, 2.45) is 4.99 Å². The molecule has 2 aromatic carbocycles. The molecule has 40 heavy (non-hydrogen) atoms. The number of esters is 1. The van der Waals surface area contributed by atoms with Crippen LogP contribution in [0.3, 0.4) is 0 Å². The molecular weight excluding hydrogens is 600 g/mol. The van der Waals surface area contributed by atoms with Crippen molar-refractivity contribution in [2.45, 2.75) is 19.9 Å². The molecule has 9 nitrogen and oxygen atoms in total. The second-order valence-corrected chi connectivity index (χ2v) is 10.6. The van der Waals surface area contributed by atoms with Gasteiger partial charge in [0.2, 0.25) is 0 Å². The molecule has 0 radical (unpaired) electrons. The molecule has 4 aromatic rings. The molecule has 5 rings (SSSR count). The monoisotopic (exact) mass is 622 g/mol. The minimum atomic E-state index is -1.01. The summed E-state index contributed by atoms with van der Waals surface area (Å²) in [6.07, 6.45) is 1.63. The Hall–Kier alpha value is -4.22. The zero-order chi connectivity index (χ0) is 28.6. The lowest BCUT2D eigenvalue weighted by Crippen LogP contribution is -2.39. The second kappa shape index (κ2) is 11.1. The third kappa shape index (κ3) is 5.05. The largest absolute Gasteiger partial charge is 0.496 e. The van der Waals surface area contributed by atoms with Gasteiger partial charge in [-0.25, -0.2) is 14.6 Å². The van der Waals surface area contributed by atoms with Crippen LogP contribution >= 0.6 is 27.3 Å². The van der Waals surface area contributed by atoms with Crippen molar-refractivity contribution >= 4 is 45.3 Å². The number of carbonyl (C=O) groups excluding carboxylic acids is 1. The van der Waals surface area contributed by atoms with Crippen molar-refractivity contribution in [1.82, 2.24) is 4.57 Å². The van der Waals surface area contributed by atoms with Crippen LogP contribution in [0.2, 0.25) is 0 Å². The number of rotatable bonds is 7. The summed E-state index contributed by atoms with van der Waals surface area (Å²) in [5.41, 5.74) is 1.97. The predicted molar refractivity (Wildman–Crippen MR) is 152 cm³/mol. The highest BCUT2D eigenvalue weighted by molar-refractivity contribution is 9.10. The van der Waals surface area contributed by atoms with Crippen LogP contribution in [0, 0.1) is 0 Å². The van der Waals surface area contributed by atoms with Gasteiger partial charge in [-0.1, -0.05) is 29.5 Å². The number of ether oxygens (including phenoxy) is 2. The zero-order valence-corrected chi connectivity index (χ0v) is 24.0. The van der Waals surface area contributed by atoms with Crippen LogP contribution in [0.1, 0.15) is 41.6 Å². The van der Waals surface area contributed by atoms with E-state index in [2.05, 4.69) is 20.9 Å². The first kappa shape index (κ1) is 27.4. The number of carbonyl (C=O) groups is 2. The van der Waals surface area contributed by atoms with Crippen molar-refractivity contribution in [3.63, 3.8) is 0 Å². The Morgan fingerprint density at radius 2 is 1.93 bits per heavy atom. The maximum absolute atomic E-state index is 13.8. The van der Waals surface area contributed by atoms with Crippen molar-refractivity contribution in [1.29, 1.82) is 0 Å². The van der Waals surface area contributed by atoms with Crippen molar-refractivity contribution in [3.05, 3.63) is 107 Å². The first-order valence-electron chi connectivity index (χ1n) is 12.2. The first-order valence-corrected chi connectivity index (χ1v) is 13.8. The molecule has 0 saturated heterocycles. The summed E-state index contributed by atoms with van der Waals surface area (Å²) in [5, 5.41) is 9.13. The average Bonchev–Trinajstić information content (AvgIpc) is 3.52. The van der Waals surface area contributed by atoms with Crippen LogP contribution in [-0.2, 0) is 9.53 Å². The van der Waals surface area contributed by atoms with E-state index in [0.29, 0.717) is 47.9 Å². The van der Waals surface area contributed by atoms with Gasteiger partial charge in [0.05, 0.1) is 45.6 Å². The van der Waals surface area contributed by atoms with E-state index >= 15 is 0 Å². The highest BCUT2D eigenvalue weighted by Gasteiger charge is 2.33. The van der Waals surface area contributed by atoms with Gasteiger partial charge >= 0.3 is 11.9 Å². The molecule has 0 saturated carbocycles. The number of thiazole rings is 1. The zero-order valence-electron chi connectivity index (χ0n) is 21.6. The van der Waals surface area contributed by atoms with E-state index in [1.165, 1.54) is 28.0 Å². The van der Waals surface area contributed by atoms with Crippen LogP contribution in [0.5, 0.6) is 5.75 Å². The maximum atomic E-state index is 13.8. The van der Waals surface area contributed by atoms with Gasteiger partial charge in [0.15, 0.2) is 4.80 Å². The molecule has 1 unspecified atom stereocenters. The van der Waals surface area contributed by atoms with E-state index < -0.39 is 18.0 Å². The predicted octanol–water partition coefficient (Wildman–Crippen LogP) is 4.53. The summed E-state index contributed by atoms with van der Waals surface area (Å²) < 4.78 is 19.2. The summed E-state index contributed by atoms with van der Waals surface area (Å²) in [4.78, 5) is 43.0. The quantitative estimate of drug-likeness (QED) is 0.301. The summed E-state index contributed by atoms with van der Waals surface area (Å²) >= 11 is 4.69. The fourth-order valence-corrected chi connectivity index (χ4v) is 6.04. The third-order valence-electron chi connectivity index (χ3n) is 6.33. The standard InChI is InChI=1S/C29H23BrN2O7S/c1-4-38-28(36)24-15(2)31-29-32(25(24)18-9-11-22(37-3)20(30)13-18)26(33)23(40-29)14-19-10-12-21(39-19)16-5-7-17(8-6-16)27(34)35/h5-14,25H,4H2,1-3H3,(H,34,35)/b23-14-. The second-order valence-electron chi connectivity index (χ2n) is 8.78. The Bertz CT molecular complexity index is 1850. The first-order chi connectivity index (χ1) is 19.2. The summed E-state index contributed by atoms with van der Waals surface area (Å²) in [6.45, 7) is 3.63. The number of aromatic carboxylic acids is 1. The number of furan rings is 1. The van der Waals surface area contributed by atoms with Crippen LogP contribution < -0.4 is 19.6 Å². The van der Waals surface area contributed by atoms with Gasteiger partial charge in [-0.2, -0.15) is 0 Å². The Morgan fingerprint density at radius 3 is 2.58 bits per heavy atom. The number of benzene rings is 2. The lowest BCUT2D eigenvalue weighted by atomic mass is 9.96. The van der Waals surface area contributed by atoms with Crippen molar-refractivity contribution in [3.8, 4) is 17.1 Å². The van der Waals surface area contributed by atoms with Gasteiger partial charge in [0.1, 0.15) is 17.3 Å². The molecule has 3 heterocycles. The fourth-order valence-electron chi connectivity index (χ4n) is 4.45. The highest BCUT2D eigenvalue weighted by atomic mass is 79.9. The number of carboxylic acid groups (broad SMARTS) is 1. The van der Waals surface area contributed by atoms with E-state index in [1.807, 2.05) is 6.07 Å². The van der Waals surface area contributed by atoms with Crippen LogP contribution in [0.4, 0.5) is 0 Å². The van der Waals surface area contributed by atoms with Crippen molar-refractivity contribution in [2.75, 3.05) is 13.7 Å². The van der Waals surface area contributed by atoms with Crippen LogP contribution in [0.25, 0.3) is 17.4 Å². The molecule has 0 amide bonds. The Kier molecular flexibility index (Phi) is 7.59. The molecule has 204 valence electrons. The highest BCUT2D eigenvalue weighted by Crippen LogP contribution is 2.35. The molecule has 0 spiro atoms. The third-order valence-corrected chi connectivity index (χ3v) is 7.93. The Labute approximate surface area is 240 Å². The van der Waals surface area contributed by atoms with Gasteiger partial charge in [-0.05, 0) is 71.7 Å². The SMILES string of the molecule is CCOC(=O)C1=C(C)N=c2s/c(=C\c3ccc(-c4ccc(C(=O)O)cc4)o3)c(=O)n2C1c1ccc(OC)c(Br)c1. The number of halogens is 1. The van der Waals surface area contributed by atoms with E-state index in [0.717, 1.165) is 0 Å². The molecule has 2 aromatic heterocycles. The molecule has 1 aliphatic rings. The molecule has 11 heteroatoms. The lowest BCUT2D eigenvalue weighted by molar-refractivity contribution is -0.139. The molecule has 1 atom stereocenters. The van der Waals surface area contributed by atoms with E-state index in [-0.39, 0.29) is 23.3 Å². The van der Waals surface area contributed by atoms with Gasteiger partial charge in [-0.15, -0.1) is 0 Å². The minimum absolute atomic E-state index is 0.174. The molecule has 0 bridgehead atoms. The number of hydrogen-bond acceptors (Lipinski definition) is 8. The number of carboxylic acids is 1. The van der Waals surface area contributed by atoms with Gasteiger partial charge in [-0.3, -0.25) is 9.36 Å². The average molecular weight is 623 g/mol. The number of allylic oxidation sites excluding steroid dienone is 1. The Morgan fingerprint density at radius 1 is 1.18 bits per heavy atom. The smallest absolute Gasteiger partial charge is 0.338 e. The molecule has 0 fully saturated rings. The molecule has 1 aliphatic heterocycles. The van der Waals surface area contributed by atoms with Crippen LogP contribution in [0.15, 0.2) is 84.5 Å². The Balaban J connectivity index is 1.61. The van der Waals surface area contributed by atoms with E-state index in [1.54, 1.807) is 63.4 Å². The number of methoxy groups -OCH3 is 1. The fraction of sp³-hybridized carbons (Fsp3) is 0.172. The summed E-state index contributed by atoms with van der Waals surface area (Å²) in [5.74, 6) is 0.0223. The van der Waals surface area contributed by atoms with Gasteiger partial charge in [0.25, 0.3) is 5.56 Å². The van der Waals surface area contributed by atoms with Crippen molar-refractivity contribution < 1.29 is 28.6 Å².